The minimum atomic E-state index is -0.468. The van der Waals surface area contributed by atoms with Crippen molar-refractivity contribution in [3.8, 4) is 0 Å². The van der Waals surface area contributed by atoms with Crippen molar-refractivity contribution in [2.24, 2.45) is 0 Å². The van der Waals surface area contributed by atoms with Crippen LogP contribution in [0.3, 0.4) is 0 Å². The molecule has 0 spiro atoms. The molecule has 1 aliphatic rings. The fraction of sp³-hybridized carbons (Fsp3) is 0.588. The number of imidazole rings is 1. The van der Waals surface area contributed by atoms with Crippen molar-refractivity contribution in [1.29, 1.82) is 0 Å². The topological polar surface area (TPSA) is 71.1 Å². The number of aromatic amines is 1. The molecular formula is C17H24N4O2. The standard InChI is InChI=1S/C17H24N4O2/c1-11-7-8-18-15-13(11)19-14(20-15)12-6-5-9-21(10-12)16(22)23-17(2,3)4/h7-8,12H,5-6,9-10H2,1-4H3,(H,18,19,20)/t12-/m0/s1. The SMILES string of the molecule is Cc1ccnc2nc([C@H]3CCCN(C(=O)OC(C)(C)C)C3)[nH]c12. The van der Waals surface area contributed by atoms with E-state index in [1.54, 1.807) is 11.1 Å². The largest absolute Gasteiger partial charge is 0.444 e. The van der Waals surface area contributed by atoms with E-state index < -0.39 is 5.60 Å². The fourth-order valence-corrected chi connectivity index (χ4v) is 2.94. The Bertz CT molecular complexity index is 717. The van der Waals surface area contributed by atoms with Crippen LogP contribution in [0.1, 0.15) is 50.9 Å². The zero-order valence-corrected chi connectivity index (χ0v) is 14.2. The van der Waals surface area contributed by atoms with Crippen LogP contribution in [-0.4, -0.2) is 44.6 Å². The first kappa shape index (κ1) is 15.8. The zero-order valence-electron chi connectivity index (χ0n) is 14.2. The average molecular weight is 316 g/mol. The number of aromatic nitrogens is 3. The van der Waals surface area contributed by atoms with Gasteiger partial charge in [-0.05, 0) is 52.2 Å². The lowest BCUT2D eigenvalue weighted by atomic mass is 9.98. The molecular weight excluding hydrogens is 292 g/mol. The number of amides is 1. The number of pyridine rings is 1. The van der Waals surface area contributed by atoms with Crippen molar-refractivity contribution in [2.75, 3.05) is 13.1 Å². The molecule has 1 saturated heterocycles. The van der Waals surface area contributed by atoms with Crippen LogP contribution in [-0.2, 0) is 4.74 Å². The van der Waals surface area contributed by atoms with Gasteiger partial charge in [-0.25, -0.2) is 14.8 Å². The van der Waals surface area contributed by atoms with Gasteiger partial charge in [-0.1, -0.05) is 0 Å². The minimum Gasteiger partial charge on any atom is -0.444 e. The van der Waals surface area contributed by atoms with Gasteiger partial charge in [0.2, 0.25) is 0 Å². The van der Waals surface area contributed by atoms with E-state index in [4.69, 9.17) is 4.74 Å². The van der Waals surface area contributed by atoms with Crippen molar-refractivity contribution in [3.05, 3.63) is 23.7 Å². The van der Waals surface area contributed by atoms with Crippen molar-refractivity contribution in [3.63, 3.8) is 0 Å². The Morgan fingerprint density at radius 1 is 1.43 bits per heavy atom. The maximum atomic E-state index is 12.3. The van der Waals surface area contributed by atoms with E-state index in [2.05, 4.69) is 15.0 Å². The lowest BCUT2D eigenvalue weighted by Gasteiger charge is -2.33. The molecule has 2 aromatic heterocycles. The van der Waals surface area contributed by atoms with E-state index in [0.29, 0.717) is 6.54 Å². The maximum Gasteiger partial charge on any atom is 0.410 e. The first-order valence-corrected chi connectivity index (χ1v) is 8.12. The number of carbonyl (C=O) groups is 1. The summed E-state index contributed by atoms with van der Waals surface area (Å²) in [6, 6.07) is 1.97. The van der Waals surface area contributed by atoms with Gasteiger partial charge in [-0.3, -0.25) is 0 Å². The van der Waals surface area contributed by atoms with Crippen molar-refractivity contribution >= 4 is 17.3 Å². The van der Waals surface area contributed by atoms with Crippen molar-refractivity contribution < 1.29 is 9.53 Å². The van der Waals surface area contributed by atoms with Gasteiger partial charge in [0.1, 0.15) is 11.4 Å². The molecule has 6 nitrogen and oxygen atoms in total. The van der Waals surface area contributed by atoms with Crippen molar-refractivity contribution in [2.45, 2.75) is 52.1 Å². The van der Waals surface area contributed by atoms with Crippen LogP contribution in [0.5, 0.6) is 0 Å². The van der Waals surface area contributed by atoms with E-state index in [-0.39, 0.29) is 12.0 Å². The normalized spacial score (nSPS) is 19.1. The summed E-state index contributed by atoms with van der Waals surface area (Å²) >= 11 is 0. The second kappa shape index (κ2) is 5.83. The number of rotatable bonds is 1. The van der Waals surface area contributed by atoms with Gasteiger partial charge in [0.05, 0.1) is 5.52 Å². The third-order valence-electron chi connectivity index (χ3n) is 4.08. The Morgan fingerprint density at radius 2 is 2.22 bits per heavy atom. The highest BCUT2D eigenvalue weighted by Gasteiger charge is 2.29. The predicted molar refractivity (Wildman–Crippen MR) is 88.4 cm³/mol. The Balaban J connectivity index is 1.77. The predicted octanol–water partition coefficient (Wildman–Crippen LogP) is 3.38. The van der Waals surface area contributed by atoms with Crippen molar-refractivity contribution in [1.82, 2.24) is 19.9 Å². The van der Waals surface area contributed by atoms with Crippen LogP contribution < -0.4 is 0 Å². The first-order chi connectivity index (χ1) is 10.8. The number of hydrogen-bond acceptors (Lipinski definition) is 4. The molecule has 6 heteroatoms. The summed E-state index contributed by atoms with van der Waals surface area (Å²) in [4.78, 5) is 26.4. The third-order valence-corrected chi connectivity index (χ3v) is 4.08. The highest BCUT2D eigenvalue weighted by molar-refractivity contribution is 5.74. The lowest BCUT2D eigenvalue weighted by molar-refractivity contribution is 0.0196. The number of hydrogen-bond donors (Lipinski definition) is 1. The van der Waals surface area contributed by atoms with Gasteiger partial charge in [0.25, 0.3) is 0 Å². The Morgan fingerprint density at radius 3 is 2.91 bits per heavy atom. The average Bonchev–Trinajstić information content (AvgIpc) is 2.91. The summed E-state index contributed by atoms with van der Waals surface area (Å²) in [6.45, 7) is 9.08. The number of likely N-dealkylation sites (tertiary alicyclic amines) is 1. The van der Waals surface area contributed by atoms with E-state index in [1.165, 1.54) is 0 Å². The number of nitrogens with zero attached hydrogens (tertiary/aromatic N) is 3. The molecule has 124 valence electrons. The van der Waals surface area contributed by atoms with Gasteiger partial charge >= 0.3 is 6.09 Å². The van der Waals surface area contributed by atoms with E-state index in [1.807, 2.05) is 33.8 Å². The first-order valence-electron chi connectivity index (χ1n) is 8.12. The van der Waals surface area contributed by atoms with Crippen LogP contribution in [0.15, 0.2) is 12.3 Å². The number of ether oxygens (including phenoxy) is 1. The lowest BCUT2D eigenvalue weighted by Crippen LogP contribution is -2.42. The number of nitrogens with one attached hydrogen (secondary N) is 1. The molecule has 0 unspecified atom stereocenters. The number of aryl methyl sites for hydroxylation is 1. The molecule has 3 rings (SSSR count). The molecule has 0 aliphatic carbocycles. The second-order valence-corrected chi connectivity index (χ2v) is 7.21. The van der Waals surface area contributed by atoms with E-state index >= 15 is 0 Å². The fourth-order valence-electron chi connectivity index (χ4n) is 2.94. The zero-order chi connectivity index (χ0) is 16.6. The quantitative estimate of drug-likeness (QED) is 0.875. The van der Waals surface area contributed by atoms with Crippen LogP contribution >= 0.6 is 0 Å². The van der Waals surface area contributed by atoms with Gasteiger partial charge in [0, 0.05) is 25.2 Å². The Kier molecular flexibility index (Phi) is 4.00. The Hall–Kier alpha value is -2.11. The summed E-state index contributed by atoms with van der Waals surface area (Å²) in [5.41, 5.74) is 2.39. The molecule has 1 atom stereocenters. The van der Waals surface area contributed by atoms with Gasteiger partial charge in [-0.2, -0.15) is 0 Å². The molecule has 0 saturated carbocycles. The second-order valence-electron chi connectivity index (χ2n) is 7.21. The molecule has 23 heavy (non-hydrogen) atoms. The molecule has 0 radical (unpaired) electrons. The number of H-pyrrole nitrogens is 1. The highest BCUT2D eigenvalue weighted by Crippen LogP contribution is 2.27. The maximum absolute atomic E-state index is 12.3. The van der Waals surface area contributed by atoms with Crippen LogP contribution in [0.25, 0.3) is 11.2 Å². The molecule has 0 bridgehead atoms. The molecule has 2 aromatic rings. The van der Waals surface area contributed by atoms with Gasteiger partial charge < -0.3 is 14.6 Å². The van der Waals surface area contributed by atoms with Gasteiger partial charge in [0.15, 0.2) is 5.65 Å². The third kappa shape index (κ3) is 3.46. The van der Waals surface area contributed by atoms with Gasteiger partial charge in [-0.15, -0.1) is 0 Å². The van der Waals surface area contributed by atoms with Crippen LogP contribution in [0, 0.1) is 6.92 Å². The highest BCUT2D eigenvalue weighted by atomic mass is 16.6. The number of piperidine rings is 1. The summed E-state index contributed by atoms with van der Waals surface area (Å²) in [7, 11) is 0. The molecule has 0 aromatic carbocycles. The van der Waals surface area contributed by atoms with E-state index in [9.17, 15) is 4.79 Å². The minimum absolute atomic E-state index is 0.199. The monoisotopic (exact) mass is 316 g/mol. The Labute approximate surface area is 136 Å². The smallest absolute Gasteiger partial charge is 0.410 e. The molecule has 1 N–H and O–H groups in total. The summed E-state index contributed by atoms with van der Waals surface area (Å²) < 4.78 is 5.48. The van der Waals surface area contributed by atoms with Crippen LogP contribution in [0.2, 0.25) is 0 Å². The molecule has 1 fully saturated rings. The molecule has 1 amide bonds. The molecule has 1 aliphatic heterocycles. The number of carbonyl (C=O) groups excluding carboxylic acids is 1. The summed E-state index contributed by atoms with van der Waals surface area (Å²) in [5.74, 6) is 1.11. The van der Waals surface area contributed by atoms with Crippen LogP contribution in [0.4, 0.5) is 4.79 Å². The summed E-state index contributed by atoms with van der Waals surface area (Å²) in [5, 5.41) is 0. The summed E-state index contributed by atoms with van der Waals surface area (Å²) in [6.07, 6.45) is 3.49. The number of fused-ring (bicyclic) bond motifs is 1. The molecule has 3 heterocycles. The van der Waals surface area contributed by atoms with E-state index in [0.717, 1.165) is 41.9 Å².